The molecule has 0 bridgehead atoms. The Morgan fingerprint density at radius 1 is 1.27 bits per heavy atom. The number of hydrogen-bond donors (Lipinski definition) is 1. The lowest BCUT2D eigenvalue weighted by molar-refractivity contribution is 0.881. The number of H-pyrrole nitrogens is 1. The number of aromatic amines is 1. The van der Waals surface area contributed by atoms with Crippen LogP contribution in [0.4, 0.5) is 0 Å². The second kappa shape index (κ2) is 2.41. The number of hydrogen-bond acceptors (Lipinski definition) is 5. The van der Waals surface area contributed by atoms with Gasteiger partial charge in [0.2, 0.25) is 0 Å². The molecule has 0 amide bonds. The largest absolute Gasteiger partial charge is 0.237 e. The fourth-order valence-corrected chi connectivity index (χ4v) is 0.695. The monoisotopic (exact) mass is 148 g/mol. The van der Waals surface area contributed by atoms with E-state index in [9.17, 15) is 0 Å². The Morgan fingerprint density at radius 2 is 2.27 bits per heavy atom. The van der Waals surface area contributed by atoms with E-state index in [1.54, 1.807) is 18.3 Å². The Bertz CT molecular complexity index is 314. The first-order valence-electron chi connectivity index (χ1n) is 2.98. The Labute approximate surface area is 61.7 Å². The molecule has 0 spiro atoms. The molecule has 6 nitrogen and oxygen atoms in total. The van der Waals surface area contributed by atoms with Crippen molar-refractivity contribution in [2.24, 2.45) is 0 Å². The SMILES string of the molecule is c1cnnc(-c2nnn[nH]2)c1. The number of nitrogens with zero attached hydrogens (tertiary/aromatic N) is 5. The van der Waals surface area contributed by atoms with E-state index < -0.39 is 0 Å². The lowest BCUT2D eigenvalue weighted by Gasteiger charge is -1.87. The smallest absolute Gasteiger partial charge is 0.199 e. The molecule has 0 saturated carbocycles. The van der Waals surface area contributed by atoms with Gasteiger partial charge in [0.25, 0.3) is 0 Å². The molecular formula is C5H4N6. The van der Waals surface area contributed by atoms with E-state index in [0.29, 0.717) is 11.5 Å². The molecule has 0 aromatic carbocycles. The highest BCUT2D eigenvalue weighted by Gasteiger charge is 2.00. The van der Waals surface area contributed by atoms with Gasteiger partial charge >= 0.3 is 0 Å². The van der Waals surface area contributed by atoms with Gasteiger partial charge in [0.05, 0.1) is 0 Å². The van der Waals surface area contributed by atoms with Gasteiger partial charge in [-0.1, -0.05) is 0 Å². The van der Waals surface area contributed by atoms with E-state index in [-0.39, 0.29) is 0 Å². The lowest BCUT2D eigenvalue weighted by atomic mass is 10.4. The van der Waals surface area contributed by atoms with Gasteiger partial charge in [0.15, 0.2) is 5.82 Å². The van der Waals surface area contributed by atoms with Gasteiger partial charge in [0.1, 0.15) is 5.69 Å². The van der Waals surface area contributed by atoms with Crippen LogP contribution in [-0.4, -0.2) is 30.8 Å². The fourth-order valence-electron chi connectivity index (χ4n) is 0.695. The van der Waals surface area contributed by atoms with Crippen LogP contribution in [0.1, 0.15) is 0 Å². The van der Waals surface area contributed by atoms with Crippen molar-refractivity contribution in [3.8, 4) is 11.5 Å². The maximum absolute atomic E-state index is 3.80. The van der Waals surface area contributed by atoms with Crippen molar-refractivity contribution >= 4 is 0 Å². The standard InChI is InChI=1S/C5H4N6/c1-2-4(7-6-3-1)5-8-10-11-9-5/h1-3H,(H,8,9,10,11). The average Bonchev–Trinajstić information content (AvgIpc) is 2.58. The molecule has 0 fully saturated rings. The van der Waals surface area contributed by atoms with E-state index in [2.05, 4.69) is 30.8 Å². The van der Waals surface area contributed by atoms with Gasteiger partial charge in [-0.15, -0.1) is 10.2 Å². The first-order valence-corrected chi connectivity index (χ1v) is 2.98. The van der Waals surface area contributed by atoms with Crippen LogP contribution in [0.25, 0.3) is 11.5 Å². The maximum Gasteiger partial charge on any atom is 0.199 e. The summed E-state index contributed by atoms with van der Waals surface area (Å²) in [6.45, 7) is 0. The lowest BCUT2D eigenvalue weighted by Crippen LogP contribution is -1.87. The summed E-state index contributed by atoms with van der Waals surface area (Å²) in [5.74, 6) is 0.526. The van der Waals surface area contributed by atoms with E-state index >= 15 is 0 Å². The Balaban J connectivity index is 2.46. The molecule has 1 N–H and O–H groups in total. The van der Waals surface area contributed by atoms with Crippen molar-refractivity contribution in [1.82, 2.24) is 30.8 Å². The number of aromatic nitrogens is 6. The van der Waals surface area contributed by atoms with Crippen molar-refractivity contribution < 1.29 is 0 Å². The molecule has 0 radical (unpaired) electrons. The molecule has 0 aliphatic rings. The van der Waals surface area contributed by atoms with Crippen LogP contribution >= 0.6 is 0 Å². The van der Waals surface area contributed by atoms with Crippen LogP contribution in [0, 0.1) is 0 Å². The van der Waals surface area contributed by atoms with E-state index in [1.807, 2.05) is 0 Å². The predicted octanol–water partition coefficient (Wildman–Crippen LogP) is -0.343. The molecule has 2 rings (SSSR count). The second-order valence-electron chi connectivity index (χ2n) is 1.86. The third-order valence-corrected chi connectivity index (χ3v) is 1.16. The minimum Gasteiger partial charge on any atom is -0.237 e. The first-order chi connectivity index (χ1) is 5.47. The number of rotatable bonds is 1. The van der Waals surface area contributed by atoms with Gasteiger partial charge in [-0.3, -0.25) is 0 Å². The summed E-state index contributed by atoms with van der Waals surface area (Å²) in [6, 6.07) is 3.54. The molecule has 0 saturated heterocycles. The van der Waals surface area contributed by atoms with Gasteiger partial charge in [0, 0.05) is 6.20 Å². The third-order valence-electron chi connectivity index (χ3n) is 1.16. The molecule has 0 aliphatic heterocycles. The normalized spacial score (nSPS) is 9.82. The van der Waals surface area contributed by atoms with Gasteiger partial charge < -0.3 is 0 Å². The van der Waals surface area contributed by atoms with Crippen LogP contribution in [0.5, 0.6) is 0 Å². The summed E-state index contributed by atoms with van der Waals surface area (Å²) >= 11 is 0. The quantitative estimate of drug-likeness (QED) is 0.598. The zero-order chi connectivity index (χ0) is 7.52. The first kappa shape index (κ1) is 5.90. The topological polar surface area (TPSA) is 80.2 Å². The molecule has 6 heteroatoms. The average molecular weight is 148 g/mol. The third kappa shape index (κ3) is 1.05. The fraction of sp³-hybridized carbons (Fsp3) is 0. The van der Waals surface area contributed by atoms with Crippen molar-refractivity contribution in [1.29, 1.82) is 0 Å². The highest BCUT2D eigenvalue weighted by Crippen LogP contribution is 2.04. The van der Waals surface area contributed by atoms with E-state index in [1.165, 1.54) is 0 Å². The summed E-state index contributed by atoms with van der Waals surface area (Å²) in [5, 5.41) is 20.5. The second-order valence-corrected chi connectivity index (χ2v) is 1.86. The van der Waals surface area contributed by atoms with Gasteiger partial charge in [-0.05, 0) is 22.6 Å². The van der Waals surface area contributed by atoms with Crippen LogP contribution in [-0.2, 0) is 0 Å². The van der Waals surface area contributed by atoms with E-state index in [4.69, 9.17) is 0 Å². The Morgan fingerprint density at radius 3 is 2.91 bits per heavy atom. The summed E-state index contributed by atoms with van der Waals surface area (Å²) in [5.41, 5.74) is 0.637. The van der Waals surface area contributed by atoms with Crippen molar-refractivity contribution in [3.63, 3.8) is 0 Å². The van der Waals surface area contributed by atoms with Crippen LogP contribution in [0.3, 0.4) is 0 Å². The molecule has 2 heterocycles. The maximum atomic E-state index is 3.80. The molecule has 0 atom stereocenters. The molecular weight excluding hydrogens is 144 g/mol. The summed E-state index contributed by atoms with van der Waals surface area (Å²) in [7, 11) is 0. The predicted molar refractivity (Wildman–Crippen MR) is 35.2 cm³/mol. The highest BCUT2D eigenvalue weighted by molar-refractivity contribution is 5.45. The van der Waals surface area contributed by atoms with Crippen molar-refractivity contribution in [3.05, 3.63) is 18.3 Å². The molecule has 2 aromatic heterocycles. The molecule has 0 unspecified atom stereocenters. The Hall–Kier alpha value is -1.85. The summed E-state index contributed by atoms with van der Waals surface area (Å²) < 4.78 is 0. The van der Waals surface area contributed by atoms with Gasteiger partial charge in [-0.25, -0.2) is 5.10 Å². The molecule has 0 aliphatic carbocycles. The minimum absolute atomic E-state index is 0.526. The van der Waals surface area contributed by atoms with Crippen molar-refractivity contribution in [2.45, 2.75) is 0 Å². The van der Waals surface area contributed by atoms with E-state index in [0.717, 1.165) is 0 Å². The molecule has 2 aromatic rings. The number of tetrazole rings is 1. The summed E-state index contributed by atoms with van der Waals surface area (Å²) in [6.07, 6.45) is 1.59. The van der Waals surface area contributed by atoms with Gasteiger partial charge in [-0.2, -0.15) is 5.10 Å². The zero-order valence-corrected chi connectivity index (χ0v) is 5.47. The van der Waals surface area contributed by atoms with Crippen LogP contribution in [0.2, 0.25) is 0 Å². The molecule has 11 heavy (non-hydrogen) atoms. The van der Waals surface area contributed by atoms with Crippen LogP contribution in [0.15, 0.2) is 18.3 Å². The Kier molecular flexibility index (Phi) is 1.29. The number of nitrogens with one attached hydrogen (secondary N) is 1. The van der Waals surface area contributed by atoms with Crippen molar-refractivity contribution in [2.75, 3.05) is 0 Å². The molecule has 54 valence electrons. The van der Waals surface area contributed by atoms with Crippen LogP contribution < -0.4 is 0 Å². The summed E-state index contributed by atoms with van der Waals surface area (Å²) in [4.78, 5) is 0. The zero-order valence-electron chi connectivity index (χ0n) is 5.47. The highest BCUT2D eigenvalue weighted by atomic mass is 15.5. The minimum atomic E-state index is 0.526.